The van der Waals surface area contributed by atoms with Crippen molar-refractivity contribution >= 4 is 140 Å². The van der Waals surface area contributed by atoms with Crippen LogP contribution < -0.4 is 5.79 Å². The van der Waals surface area contributed by atoms with Crippen molar-refractivity contribution in [1.29, 1.82) is 0 Å². The van der Waals surface area contributed by atoms with Crippen molar-refractivity contribution in [1.82, 2.24) is 0 Å². The number of rotatable bonds is 4. The van der Waals surface area contributed by atoms with Crippen molar-refractivity contribution in [3.8, 4) is 20.9 Å². The molecule has 0 nitrogen and oxygen atoms in total. The van der Waals surface area contributed by atoms with Gasteiger partial charge in [-0.2, -0.15) is 0 Å². The van der Waals surface area contributed by atoms with Crippen LogP contribution in [0.3, 0.4) is 0 Å². The van der Waals surface area contributed by atoms with E-state index in [0.717, 1.165) is 0 Å². The molecule has 166 valence electrons. The van der Waals surface area contributed by atoms with Crippen molar-refractivity contribution in [2.75, 3.05) is 0 Å². The molecule has 5 rings (SSSR count). The van der Waals surface area contributed by atoms with Crippen LogP contribution in [0.5, 0.6) is 0 Å². The van der Waals surface area contributed by atoms with E-state index in [9.17, 15) is 0 Å². The van der Waals surface area contributed by atoms with Crippen LogP contribution >= 0.6 is 77.2 Å². The average molecular weight is 838 g/mol. The van der Waals surface area contributed by atoms with Crippen molar-refractivity contribution in [2.45, 2.75) is 29.6 Å². The van der Waals surface area contributed by atoms with Gasteiger partial charge in [0.1, 0.15) is 0 Å². The summed E-state index contributed by atoms with van der Waals surface area (Å²) in [5.41, 5.74) is 2.93. The van der Waals surface area contributed by atoms with E-state index < -0.39 is 36.8 Å². The topological polar surface area (TPSA) is 0 Å². The molecule has 0 atom stereocenters. The molecule has 8 heteroatoms. The van der Waals surface area contributed by atoms with E-state index in [1.54, 1.807) is 5.79 Å². The molecule has 0 aliphatic heterocycles. The van der Waals surface area contributed by atoms with Gasteiger partial charge in [-0.3, -0.25) is 0 Å². The number of thiophene rings is 4. The second-order valence-electron chi connectivity index (χ2n) is 10.2. The minimum absolute atomic E-state index is 1.21. The first kappa shape index (κ1) is 24.8. The molecule has 0 radical (unpaired) electrons. The molecule has 0 saturated heterocycles. The molecular weight excluding hydrogens is 814 g/mol. The third kappa shape index (κ3) is 4.50. The van der Waals surface area contributed by atoms with E-state index in [4.69, 9.17) is 0 Å². The molecule has 0 bridgehead atoms. The predicted molar refractivity (Wildman–Crippen MR) is 165 cm³/mol. The van der Waals surface area contributed by atoms with Crippen LogP contribution in [0, 0.1) is 0 Å². The molecule has 0 aliphatic carbocycles. The normalized spacial score (nSPS) is 13.0. The molecule has 0 aliphatic rings. The quantitative estimate of drug-likeness (QED) is 0.158. The summed E-state index contributed by atoms with van der Waals surface area (Å²) in [6.45, 7) is 0. The summed E-state index contributed by atoms with van der Waals surface area (Å²) in [5, 5.41) is 2.94. The first-order valence-electron chi connectivity index (χ1n) is 10.5. The van der Waals surface area contributed by atoms with E-state index in [2.05, 4.69) is 121 Å². The Morgan fingerprint density at radius 3 is 1.22 bits per heavy atom. The summed E-state index contributed by atoms with van der Waals surface area (Å²) < 4.78 is 8.71. The predicted octanol–water partition coefficient (Wildman–Crippen LogP) is 10.2. The van der Waals surface area contributed by atoms with E-state index in [1.807, 2.05) is 22.7 Å². The molecule has 0 fully saturated rings. The second kappa shape index (κ2) is 8.89. The third-order valence-corrected chi connectivity index (χ3v) is 30.0. The van der Waals surface area contributed by atoms with E-state index >= 15 is 0 Å². The van der Waals surface area contributed by atoms with Gasteiger partial charge in [-0.15, -0.1) is 0 Å². The standard InChI is InChI=1S/C18H6Br2S4.6CH3.2Sn/c19-13-3-1-11(23-13)15-9-5-7-22-18(9)16(10-6-8-21-17(10)15)12-2-4-14(20)24-12;;;;;;;;/h1-6H;6*1H3;;. The molecule has 0 amide bonds. The molecule has 32 heavy (non-hydrogen) atoms. The first-order valence-corrected chi connectivity index (χ1v) is 35.3. The number of fused-ring (bicyclic) bond motifs is 2. The number of hydrogen-bond acceptors (Lipinski definition) is 4. The van der Waals surface area contributed by atoms with Crippen LogP contribution in [-0.4, -0.2) is 36.8 Å². The van der Waals surface area contributed by atoms with E-state index in [1.165, 1.54) is 48.6 Å². The Bertz CT molecular complexity index is 1310. The van der Waals surface area contributed by atoms with Crippen LogP contribution in [0.2, 0.25) is 29.6 Å². The molecule has 4 heterocycles. The molecule has 0 spiro atoms. The molecule has 4 aromatic heterocycles. The summed E-state index contributed by atoms with van der Waals surface area (Å²) in [4.78, 5) is 18.0. The summed E-state index contributed by atoms with van der Waals surface area (Å²) >= 11 is 10.9. The zero-order chi connectivity index (χ0) is 23.0. The Kier molecular flexibility index (Phi) is 6.88. The Labute approximate surface area is 231 Å². The van der Waals surface area contributed by atoms with Gasteiger partial charge in [-0.05, 0) is 0 Å². The molecule has 5 aromatic rings. The SMILES string of the molecule is [CH3][Sn]([CH3])([CH3])[c]1cc2c(-c3ccc(Br)s3)c3s[c]([Sn]([CH3])([CH3])[CH3])cc3c(-c3ccc(Br)s3)c2s1. The zero-order valence-electron chi connectivity index (χ0n) is 18.9. The van der Waals surface area contributed by atoms with Gasteiger partial charge in [0.15, 0.2) is 0 Å². The number of hydrogen-bond donors (Lipinski definition) is 0. The maximum atomic E-state index is 3.73. The minimum atomic E-state index is -2.23. The fraction of sp³-hybridized carbons (Fsp3) is 0.250. The average Bonchev–Trinajstić information content (AvgIpc) is 3.43. The Hall–Kier alpha value is 1.10. The van der Waals surface area contributed by atoms with E-state index in [0.29, 0.717) is 0 Å². The van der Waals surface area contributed by atoms with Gasteiger partial charge >= 0.3 is 234 Å². The van der Waals surface area contributed by atoms with Crippen LogP contribution in [-0.2, 0) is 0 Å². The third-order valence-electron chi connectivity index (χ3n) is 5.57. The second-order valence-corrected chi connectivity index (χ2v) is 48.0. The fourth-order valence-corrected chi connectivity index (χ4v) is 19.8. The summed E-state index contributed by atoms with van der Waals surface area (Å²) in [7, 11) is 0. The van der Waals surface area contributed by atoms with Crippen molar-refractivity contribution in [3.63, 3.8) is 0 Å². The number of benzene rings is 1. The van der Waals surface area contributed by atoms with E-state index in [-0.39, 0.29) is 0 Å². The molecule has 1 aromatic carbocycles. The number of halogens is 2. The van der Waals surface area contributed by atoms with Gasteiger partial charge in [0.05, 0.1) is 0 Å². The summed E-state index contributed by atoms with van der Waals surface area (Å²) in [6, 6.07) is 14.2. The van der Waals surface area contributed by atoms with Crippen molar-refractivity contribution < 1.29 is 0 Å². The Morgan fingerprint density at radius 2 is 0.938 bits per heavy atom. The molecule has 0 N–H and O–H groups in total. The van der Waals surface area contributed by atoms with Crippen molar-refractivity contribution in [2.24, 2.45) is 0 Å². The van der Waals surface area contributed by atoms with Gasteiger partial charge in [0, 0.05) is 0 Å². The van der Waals surface area contributed by atoms with Crippen LogP contribution in [0.4, 0.5) is 0 Å². The fourth-order valence-electron chi connectivity index (χ4n) is 3.90. The maximum absolute atomic E-state index is 3.73. The Morgan fingerprint density at radius 1 is 0.562 bits per heavy atom. The molecule has 0 unspecified atom stereocenters. The zero-order valence-corrected chi connectivity index (χ0v) is 31.0. The van der Waals surface area contributed by atoms with Gasteiger partial charge in [0.25, 0.3) is 0 Å². The van der Waals surface area contributed by atoms with Gasteiger partial charge in [-0.1, -0.05) is 0 Å². The molecule has 0 saturated carbocycles. The van der Waals surface area contributed by atoms with Gasteiger partial charge in [0.2, 0.25) is 0 Å². The molecular formula is C24H24Br2S4Sn2. The monoisotopic (exact) mass is 838 g/mol. The van der Waals surface area contributed by atoms with Gasteiger partial charge < -0.3 is 0 Å². The first-order chi connectivity index (χ1) is 14.9. The van der Waals surface area contributed by atoms with Crippen LogP contribution in [0.1, 0.15) is 0 Å². The van der Waals surface area contributed by atoms with Crippen LogP contribution in [0.25, 0.3) is 41.1 Å². The summed E-state index contributed by atoms with van der Waals surface area (Å²) in [5.74, 6) is 0. The Balaban J connectivity index is 2.00. The van der Waals surface area contributed by atoms with Crippen LogP contribution in [0.15, 0.2) is 44.0 Å². The van der Waals surface area contributed by atoms with Crippen molar-refractivity contribution in [3.05, 3.63) is 44.0 Å². The summed E-state index contributed by atoms with van der Waals surface area (Å²) in [6.07, 6.45) is 0. The van der Waals surface area contributed by atoms with Gasteiger partial charge in [-0.25, -0.2) is 0 Å².